The van der Waals surface area contributed by atoms with Gasteiger partial charge in [-0.25, -0.2) is 23.1 Å². The van der Waals surface area contributed by atoms with Gasteiger partial charge < -0.3 is 19.3 Å². The number of piperazine rings is 1. The maximum Gasteiger partial charge on any atom is 0.275 e. The molecule has 346 valence electrons. The van der Waals surface area contributed by atoms with Crippen molar-refractivity contribution in [2.75, 3.05) is 49.5 Å². The number of rotatable bonds is 10. The summed E-state index contributed by atoms with van der Waals surface area (Å²) in [6.45, 7) is 3.34. The summed E-state index contributed by atoms with van der Waals surface area (Å²) in [5.74, 6) is -5.51. The summed E-state index contributed by atoms with van der Waals surface area (Å²) in [7, 11) is 0. The number of halogens is 3. The molecule has 11 rings (SSSR count). The van der Waals surface area contributed by atoms with Crippen molar-refractivity contribution in [3.63, 3.8) is 0 Å². The normalized spacial score (nSPS) is 22.2. The molecule has 3 aromatic carbocycles. The number of hydrogen-bond acceptors (Lipinski definition) is 11. The number of thiazole rings is 1. The lowest BCUT2D eigenvalue weighted by Crippen LogP contribution is -2.61. The fraction of sp³-hybridized carbons (Fsp3) is 0.396. The number of imide groups is 1. The molecule has 5 aromatic rings. The van der Waals surface area contributed by atoms with E-state index in [1.54, 1.807) is 41.0 Å². The largest absolute Gasteiger partial charge is 0.369 e. The van der Waals surface area contributed by atoms with Gasteiger partial charge in [0, 0.05) is 98.4 Å². The second-order valence-corrected chi connectivity index (χ2v) is 19.2. The van der Waals surface area contributed by atoms with Crippen LogP contribution in [0.4, 0.5) is 24.0 Å². The number of fused-ring (bicyclic) bond motifs is 3. The molecular formula is C48H47F3N10O5S. The number of alkyl halides is 2. The van der Waals surface area contributed by atoms with Gasteiger partial charge in [0.2, 0.25) is 11.8 Å². The number of anilines is 2. The predicted molar refractivity (Wildman–Crippen MR) is 241 cm³/mol. The first-order valence-electron chi connectivity index (χ1n) is 22.7. The molecule has 15 nitrogen and oxygen atoms in total. The summed E-state index contributed by atoms with van der Waals surface area (Å²) < 4.78 is 49.9. The Morgan fingerprint density at radius 2 is 1.70 bits per heavy atom. The SMILES string of the molecule is O=C1CCC(N2Cc3cc(CN4CCC(N5CCN(c6ccc(-c7cc(F)c8c(c7)C(=O)N(C(C(=O)Nc7nccs7)c7ncn9c7CCC9)C8)cc6)CC5)C(F)(F)C4)ccc3C2=O)C(=O)N1. The molecule has 2 N–H and O–H groups in total. The van der Waals surface area contributed by atoms with E-state index in [9.17, 15) is 24.0 Å². The van der Waals surface area contributed by atoms with Crippen molar-refractivity contribution in [3.05, 3.63) is 118 Å². The number of nitrogens with zero attached hydrogens (tertiary/aromatic N) is 8. The Morgan fingerprint density at radius 3 is 2.46 bits per heavy atom. The Bertz CT molecular complexity index is 2810. The van der Waals surface area contributed by atoms with Crippen LogP contribution in [0.15, 0.2) is 72.5 Å². The van der Waals surface area contributed by atoms with Crippen molar-refractivity contribution in [2.24, 2.45) is 0 Å². The summed E-state index contributed by atoms with van der Waals surface area (Å²) in [6, 6.07) is 13.4. The van der Waals surface area contributed by atoms with E-state index in [2.05, 4.69) is 25.5 Å². The Hall–Kier alpha value is -6.44. The van der Waals surface area contributed by atoms with Gasteiger partial charge in [0.25, 0.3) is 23.6 Å². The third-order valence-corrected chi connectivity index (χ3v) is 14.9. The Labute approximate surface area is 387 Å². The van der Waals surface area contributed by atoms with E-state index in [0.29, 0.717) is 79.6 Å². The van der Waals surface area contributed by atoms with Gasteiger partial charge in [-0.3, -0.25) is 44.4 Å². The number of imidazole rings is 1. The molecule has 0 spiro atoms. The first-order chi connectivity index (χ1) is 32.4. The van der Waals surface area contributed by atoms with Crippen LogP contribution in [-0.4, -0.2) is 121 Å². The second kappa shape index (κ2) is 17.0. The molecule has 5 amide bonds. The molecule has 2 aromatic heterocycles. The summed E-state index contributed by atoms with van der Waals surface area (Å²) in [4.78, 5) is 82.7. The monoisotopic (exact) mass is 932 g/mol. The van der Waals surface area contributed by atoms with Crippen LogP contribution in [0.25, 0.3) is 11.1 Å². The number of nitrogens with one attached hydrogen (secondary N) is 2. The van der Waals surface area contributed by atoms with Gasteiger partial charge in [-0.15, -0.1) is 11.3 Å². The average Bonchev–Trinajstić information content (AvgIpc) is 4.17. The van der Waals surface area contributed by atoms with Gasteiger partial charge in [0.05, 0.1) is 31.2 Å². The molecular weight excluding hydrogens is 886 g/mol. The van der Waals surface area contributed by atoms with Gasteiger partial charge in [-0.05, 0) is 78.3 Å². The van der Waals surface area contributed by atoms with Gasteiger partial charge in [0.1, 0.15) is 11.9 Å². The van der Waals surface area contributed by atoms with Crippen LogP contribution in [0.5, 0.6) is 0 Å². The second-order valence-electron chi connectivity index (χ2n) is 18.3. The van der Waals surface area contributed by atoms with Crippen molar-refractivity contribution in [3.8, 4) is 11.1 Å². The van der Waals surface area contributed by atoms with E-state index in [1.165, 1.54) is 27.2 Å². The quantitative estimate of drug-likeness (QED) is 0.178. The highest BCUT2D eigenvalue weighted by Gasteiger charge is 2.48. The maximum absolute atomic E-state index is 16.0. The first-order valence-corrected chi connectivity index (χ1v) is 23.6. The van der Waals surface area contributed by atoms with Crippen LogP contribution >= 0.6 is 11.3 Å². The fourth-order valence-corrected chi connectivity index (χ4v) is 11.4. The maximum atomic E-state index is 16.0. The van der Waals surface area contributed by atoms with Crippen LogP contribution in [0.3, 0.4) is 0 Å². The summed E-state index contributed by atoms with van der Waals surface area (Å²) >= 11 is 1.26. The zero-order chi connectivity index (χ0) is 46.1. The van der Waals surface area contributed by atoms with Crippen molar-refractivity contribution in [1.82, 2.24) is 39.5 Å². The number of aryl methyl sites for hydroxylation is 1. The van der Waals surface area contributed by atoms with Gasteiger partial charge in [0.15, 0.2) is 11.2 Å². The molecule has 0 bridgehead atoms. The molecule has 3 unspecified atom stereocenters. The number of likely N-dealkylation sites (tertiary alicyclic amines) is 1. The minimum absolute atomic E-state index is 0.0895. The molecule has 3 saturated heterocycles. The standard InChI is InChI=1S/C48H47F3N10O5S/c49-36-22-30(21-34-35(36)25-61(46(34)66)42(44(64)55-47-52-12-19-67-47)41-37-2-1-13-59(37)27-53-41)29-4-6-32(7-5-29)57-15-17-58(18-16-57)39-11-14-56(26-48(39,50)51)23-28-3-8-33-31(20-28)24-60(45(33)65)38-9-10-40(62)54-43(38)63/h3-8,12,19-22,27,38-39,42H,1-2,9-11,13-18,23-26H2,(H,52,55,64)(H,54,62,63). The number of piperidine rings is 2. The lowest BCUT2D eigenvalue weighted by Gasteiger charge is -2.46. The highest BCUT2D eigenvalue weighted by molar-refractivity contribution is 7.13. The Morgan fingerprint density at radius 1 is 0.881 bits per heavy atom. The molecule has 67 heavy (non-hydrogen) atoms. The van der Waals surface area contributed by atoms with Crippen LogP contribution in [0, 0.1) is 5.82 Å². The van der Waals surface area contributed by atoms with Gasteiger partial charge in [-0.2, -0.15) is 0 Å². The summed E-state index contributed by atoms with van der Waals surface area (Å²) in [5.41, 5.74) is 5.98. The molecule has 0 radical (unpaired) electrons. The molecule has 3 atom stereocenters. The lowest BCUT2D eigenvalue weighted by molar-refractivity contribution is -0.137. The topological polar surface area (TPSA) is 156 Å². The Kier molecular flexibility index (Phi) is 11.0. The lowest BCUT2D eigenvalue weighted by atomic mass is 9.97. The van der Waals surface area contributed by atoms with Gasteiger partial charge >= 0.3 is 0 Å². The molecule has 0 aliphatic carbocycles. The van der Waals surface area contributed by atoms with Crippen molar-refractivity contribution in [2.45, 2.75) is 82.3 Å². The molecule has 6 aliphatic heterocycles. The van der Waals surface area contributed by atoms with E-state index in [-0.39, 0.29) is 55.4 Å². The fourth-order valence-electron chi connectivity index (χ4n) is 10.9. The number of amides is 5. The summed E-state index contributed by atoms with van der Waals surface area (Å²) in [6.07, 6.45) is 5.62. The highest BCUT2D eigenvalue weighted by Crippen LogP contribution is 2.39. The smallest absolute Gasteiger partial charge is 0.275 e. The third kappa shape index (κ3) is 7.95. The number of carbonyl (C=O) groups excluding carboxylic acids is 5. The summed E-state index contributed by atoms with van der Waals surface area (Å²) in [5, 5.41) is 7.27. The van der Waals surface area contributed by atoms with Gasteiger partial charge in [-0.1, -0.05) is 24.3 Å². The highest BCUT2D eigenvalue weighted by atomic mass is 32.1. The van der Waals surface area contributed by atoms with Crippen LogP contribution in [0.2, 0.25) is 0 Å². The minimum Gasteiger partial charge on any atom is -0.369 e. The average molecular weight is 933 g/mol. The van der Waals surface area contributed by atoms with E-state index in [1.807, 2.05) is 39.8 Å². The number of benzene rings is 3. The van der Waals surface area contributed by atoms with E-state index < -0.39 is 47.6 Å². The molecule has 19 heteroatoms. The van der Waals surface area contributed by atoms with Crippen molar-refractivity contribution in [1.29, 1.82) is 0 Å². The van der Waals surface area contributed by atoms with Crippen molar-refractivity contribution >= 4 is 51.7 Å². The zero-order valence-electron chi connectivity index (χ0n) is 36.4. The molecule has 3 fully saturated rings. The van der Waals surface area contributed by atoms with Crippen molar-refractivity contribution < 1.29 is 37.1 Å². The van der Waals surface area contributed by atoms with E-state index in [0.717, 1.165) is 35.5 Å². The van der Waals surface area contributed by atoms with Crippen LogP contribution < -0.4 is 15.5 Å². The predicted octanol–water partition coefficient (Wildman–Crippen LogP) is 5.22. The molecule has 6 aliphatic rings. The Balaban J connectivity index is 0.709. The molecule has 0 saturated carbocycles. The van der Waals surface area contributed by atoms with E-state index in [4.69, 9.17) is 0 Å². The first kappa shape index (κ1) is 43.1. The minimum atomic E-state index is -2.95. The van der Waals surface area contributed by atoms with Crippen LogP contribution in [-0.2, 0) is 47.0 Å². The molecule has 8 heterocycles. The zero-order valence-corrected chi connectivity index (χ0v) is 37.2. The number of hydrogen-bond donors (Lipinski definition) is 2. The number of carbonyl (C=O) groups is 5. The number of aromatic nitrogens is 3. The van der Waals surface area contributed by atoms with Crippen LogP contribution in [0.1, 0.15) is 80.5 Å². The van der Waals surface area contributed by atoms with E-state index >= 15 is 13.2 Å². The third-order valence-electron chi connectivity index (χ3n) is 14.2.